The second-order valence-corrected chi connectivity index (χ2v) is 3.05. The molecule has 0 aromatic heterocycles. The van der Waals surface area contributed by atoms with Crippen LogP contribution < -0.4 is 0 Å². The predicted octanol–water partition coefficient (Wildman–Crippen LogP) is 2.74. The molecule has 0 unspecified atom stereocenters. The lowest BCUT2D eigenvalue weighted by molar-refractivity contribution is 1.49. The first-order valence-corrected chi connectivity index (χ1v) is 4.47. The third kappa shape index (κ3) is 1.36. The molecule has 0 saturated carbocycles. The first kappa shape index (κ1) is 5.88. The van der Waals surface area contributed by atoms with E-state index in [1.165, 1.54) is 0 Å². The molecule has 0 aliphatic carbocycles. The first-order valence-electron chi connectivity index (χ1n) is 2.26. The summed E-state index contributed by atoms with van der Waals surface area (Å²) in [7, 11) is 0. The topological polar surface area (TPSA) is 12.4 Å². The number of allylic oxidation sites excluding steroid dienone is 3. The van der Waals surface area contributed by atoms with E-state index >= 15 is 0 Å². The highest BCUT2D eigenvalue weighted by Crippen LogP contribution is 2.15. The van der Waals surface area contributed by atoms with Crippen LogP contribution in [0.5, 0.6) is 0 Å². The average Bonchev–Trinajstić information content (AvgIpc) is 1.90. The van der Waals surface area contributed by atoms with Gasteiger partial charge in [-0.25, -0.2) is 3.15 Å². The maximum Gasteiger partial charge on any atom is 0.0685 e. The molecule has 0 aromatic carbocycles. The molecule has 0 radical (unpaired) electrons. The van der Waals surface area contributed by atoms with Crippen molar-refractivity contribution in [2.45, 2.75) is 0 Å². The lowest BCUT2D eigenvalue weighted by Gasteiger charge is -1.90. The summed E-state index contributed by atoms with van der Waals surface area (Å²) < 4.78 is 6.33. The van der Waals surface area contributed by atoms with Crippen molar-refractivity contribution in [1.29, 1.82) is 0 Å². The van der Waals surface area contributed by atoms with E-state index in [2.05, 4.69) is 13.8 Å². The lowest BCUT2D eigenvalue weighted by Crippen LogP contribution is -1.66. The van der Waals surface area contributed by atoms with Crippen molar-refractivity contribution in [3.63, 3.8) is 0 Å². The minimum atomic E-state index is -0.0270. The second kappa shape index (κ2) is 2.91. The van der Waals surface area contributed by atoms with Gasteiger partial charge in [0.1, 0.15) is 0 Å². The molecule has 1 nitrogen and oxygen atoms in total. The molecular weight excluding hydrogens is 213 g/mol. The lowest BCUT2D eigenvalue weighted by atomic mass is 10.4. The molecule has 0 saturated heterocycles. The molecule has 0 amide bonds. The molecule has 1 aliphatic rings. The predicted molar refractivity (Wildman–Crippen MR) is 43.9 cm³/mol. The minimum absolute atomic E-state index is 0.0270. The fraction of sp³-hybridized carbons (Fsp3) is 0. The van der Waals surface area contributed by atoms with Gasteiger partial charge in [0.15, 0.2) is 0 Å². The third-order valence-electron chi connectivity index (χ3n) is 0.752. The van der Waals surface area contributed by atoms with Crippen LogP contribution in [0.3, 0.4) is 0 Å². The smallest absolute Gasteiger partial charge is 0.0685 e. The molecule has 0 bridgehead atoms. The number of hydrogen-bond acceptors (Lipinski definition) is 1. The summed E-state index contributed by atoms with van der Waals surface area (Å²) in [6.07, 6.45) is 5.79. The molecule has 8 heavy (non-hydrogen) atoms. The van der Waals surface area contributed by atoms with Crippen LogP contribution in [0.1, 0.15) is 0 Å². The van der Waals surface area contributed by atoms with Crippen LogP contribution in [0.2, 0.25) is 0 Å². The van der Waals surface area contributed by atoms with Gasteiger partial charge in [-0.1, -0.05) is 12.7 Å². The Bertz CT molecular complexity index is 177. The van der Waals surface area contributed by atoms with Crippen LogP contribution in [0.4, 0.5) is 0 Å². The number of rotatable bonds is 1. The summed E-state index contributed by atoms with van der Waals surface area (Å²) in [5, 5.41) is 0. The highest BCUT2D eigenvalue weighted by atomic mass is 127. The molecular formula is C6H6IN. The molecule has 1 heterocycles. The Morgan fingerprint density at radius 3 is 3.00 bits per heavy atom. The highest BCUT2D eigenvalue weighted by molar-refractivity contribution is 14.2. The van der Waals surface area contributed by atoms with Gasteiger partial charge < -0.3 is 0 Å². The minimum Gasteiger partial charge on any atom is -0.223 e. The summed E-state index contributed by atoms with van der Waals surface area (Å²) in [6.45, 7) is 3.61. The zero-order valence-electron chi connectivity index (χ0n) is 4.34. The Balaban J connectivity index is 2.82. The van der Waals surface area contributed by atoms with Crippen LogP contribution in [0.15, 0.2) is 37.7 Å². The van der Waals surface area contributed by atoms with Gasteiger partial charge in [-0.3, -0.25) is 0 Å². The van der Waals surface area contributed by atoms with Gasteiger partial charge in [-0.15, -0.1) is 0 Å². The molecule has 0 fully saturated rings. The zero-order chi connectivity index (χ0) is 5.82. The fourth-order valence-corrected chi connectivity index (χ4v) is 1.62. The van der Waals surface area contributed by atoms with E-state index in [0.29, 0.717) is 0 Å². The maximum atomic E-state index is 4.21. The van der Waals surface area contributed by atoms with Crippen molar-refractivity contribution in [1.82, 2.24) is 0 Å². The van der Waals surface area contributed by atoms with Gasteiger partial charge in [0, 0.05) is 21.0 Å². The fourth-order valence-electron chi connectivity index (χ4n) is 0.383. The van der Waals surface area contributed by atoms with E-state index in [4.69, 9.17) is 0 Å². The van der Waals surface area contributed by atoms with Crippen LogP contribution in [0, 0.1) is 0 Å². The summed E-state index contributed by atoms with van der Waals surface area (Å²) >= 11 is -0.0270. The van der Waals surface area contributed by atoms with E-state index in [1.807, 2.05) is 12.2 Å². The van der Waals surface area contributed by atoms with Gasteiger partial charge in [0.05, 0.1) is 5.70 Å². The van der Waals surface area contributed by atoms with Crippen molar-refractivity contribution in [3.05, 3.63) is 34.6 Å². The zero-order valence-corrected chi connectivity index (χ0v) is 6.50. The van der Waals surface area contributed by atoms with Crippen molar-refractivity contribution in [3.8, 4) is 0 Å². The Morgan fingerprint density at radius 2 is 2.62 bits per heavy atom. The molecule has 0 spiro atoms. The van der Waals surface area contributed by atoms with Gasteiger partial charge in [0.25, 0.3) is 0 Å². The van der Waals surface area contributed by atoms with E-state index in [0.717, 1.165) is 5.70 Å². The van der Waals surface area contributed by atoms with Crippen molar-refractivity contribution in [2.75, 3.05) is 0 Å². The normalized spacial score (nSPS) is 16.8. The monoisotopic (exact) mass is 219 g/mol. The largest absolute Gasteiger partial charge is 0.223 e. The van der Waals surface area contributed by atoms with E-state index in [1.54, 1.807) is 6.08 Å². The van der Waals surface area contributed by atoms with Crippen molar-refractivity contribution in [2.24, 2.45) is 3.15 Å². The van der Waals surface area contributed by atoms with Gasteiger partial charge >= 0.3 is 0 Å². The molecule has 0 N–H and O–H groups in total. The molecule has 1 aliphatic heterocycles. The summed E-state index contributed by atoms with van der Waals surface area (Å²) in [5.41, 5.74) is 1.03. The van der Waals surface area contributed by atoms with Crippen molar-refractivity contribution >= 4 is 21.0 Å². The summed E-state index contributed by atoms with van der Waals surface area (Å²) in [4.78, 5) is 0. The third-order valence-corrected chi connectivity index (χ3v) is 2.32. The van der Waals surface area contributed by atoms with Crippen LogP contribution in [-0.2, 0) is 0 Å². The summed E-state index contributed by atoms with van der Waals surface area (Å²) in [6, 6.07) is 0. The van der Waals surface area contributed by atoms with Crippen LogP contribution in [-0.4, -0.2) is 0 Å². The Labute approximate surface area is 59.0 Å². The van der Waals surface area contributed by atoms with Crippen molar-refractivity contribution < 1.29 is 0 Å². The van der Waals surface area contributed by atoms with Crippen LogP contribution >= 0.6 is 21.0 Å². The number of nitrogens with zero attached hydrogens (tertiary/aromatic N) is 1. The van der Waals surface area contributed by atoms with E-state index < -0.39 is 0 Å². The molecule has 0 aromatic rings. The highest BCUT2D eigenvalue weighted by Gasteiger charge is 1.84. The Morgan fingerprint density at radius 1 is 1.75 bits per heavy atom. The van der Waals surface area contributed by atoms with Gasteiger partial charge in [-0.2, -0.15) is 0 Å². The average molecular weight is 219 g/mol. The molecule has 0 atom stereocenters. The van der Waals surface area contributed by atoms with Crippen LogP contribution in [0.25, 0.3) is 0 Å². The molecule has 42 valence electrons. The first-order chi connectivity index (χ1) is 3.93. The molecule has 1 rings (SSSR count). The SMILES string of the molecule is C=CC1=CC=CI=N1. The number of hydrogen-bond donors (Lipinski definition) is 0. The Hall–Kier alpha value is -0.250. The number of halogens is 1. The Kier molecular flexibility index (Phi) is 2.14. The maximum absolute atomic E-state index is 4.21. The van der Waals surface area contributed by atoms with Gasteiger partial charge in [-0.05, 0) is 16.2 Å². The quantitative estimate of drug-likeness (QED) is 0.601. The van der Waals surface area contributed by atoms with E-state index in [9.17, 15) is 0 Å². The standard InChI is InChI=1S/C6H6IN/c1-2-6-4-3-5-7-8-6/h2-5H,1H2. The van der Waals surface area contributed by atoms with Gasteiger partial charge in [0.2, 0.25) is 0 Å². The molecule has 2 heteroatoms. The summed E-state index contributed by atoms with van der Waals surface area (Å²) in [5.74, 6) is 0. The second-order valence-electron chi connectivity index (χ2n) is 1.30. The van der Waals surface area contributed by atoms with E-state index in [-0.39, 0.29) is 21.0 Å².